The van der Waals surface area contributed by atoms with Crippen LogP contribution in [-0.2, 0) is 11.3 Å². The van der Waals surface area contributed by atoms with Crippen molar-refractivity contribution in [3.63, 3.8) is 0 Å². The van der Waals surface area contributed by atoms with E-state index in [2.05, 4.69) is 40.3 Å². The van der Waals surface area contributed by atoms with Crippen molar-refractivity contribution >= 4 is 15.9 Å². The summed E-state index contributed by atoms with van der Waals surface area (Å²) in [6.45, 7) is 5.59. The molecule has 2 aliphatic rings. The molecule has 3 nitrogen and oxygen atoms in total. The van der Waals surface area contributed by atoms with Gasteiger partial charge >= 0.3 is 0 Å². The molecule has 1 heterocycles. The first-order chi connectivity index (χ1) is 10.2. The first kappa shape index (κ1) is 15.3. The van der Waals surface area contributed by atoms with Gasteiger partial charge in [-0.15, -0.1) is 0 Å². The Morgan fingerprint density at radius 1 is 1.24 bits per heavy atom. The fourth-order valence-electron chi connectivity index (χ4n) is 2.79. The second kappa shape index (κ2) is 7.12. The molecule has 3 rings (SSSR count). The van der Waals surface area contributed by atoms with Crippen molar-refractivity contribution in [2.45, 2.75) is 45.2 Å². The Labute approximate surface area is 135 Å². The summed E-state index contributed by atoms with van der Waals surface area (Å²) in [5, 5.41) is 3.58. The second-order valence-electron chi connectivity index (χ2n) is 6.23. The van der Waals surface area contributed by atoms with Gasteiger partial charge in [0.25, 0.3) is 0 Å². The zero-order valence-corrected chi connectivity index (χ0v) is 14.2. The van der Waals surface area contributed by atoms with Crippen molar-refractivity contribution in [1.82, 2.24) is 5.32 Å². The van der Waals surface area contributed by atoms with Gasteiger partial charge < -0.3 is 14.8 Å². The number of nitrogens with one attached hydrogen (secondary N) is 1. The number of hydrogen-bond donors (Lipinski definition) is 1. The van der Waals surface area contributed by atoms with E-state index in [1.807, 2.05) is 0 Å². The minimum Gasteiger partial charge on any atom is -0.493 e. The van der Waals surface area contributed by atoms with Crippen LogP contribution in [0.15, 0.2) is 16.6 Å². The van der Waals surface area contributed by atoms with Gasteiger partial charge in [0, 0.05) is 35.8 Å². The lowest BCUT2D eigenvalue weighted by Crippen LogP contribution is -2.22. The fraction of sp³-hybridized carbons (Fsp3) is 0.647. The predicted octanol–water partition coefficient (Wildman–Crippen LogP) is 3.81. The maximum absolute atomic E-state index is 6.20. The van der Waals surface area contributed by atoms with Crippen molar-refractivity contribution in [2.24, 2.45) is 5.92 Å². The van der Waals surface area contributed by atoms with Gasteiger partial charge in [0.1, 0.15) is 5.75 Å². The molecule has 1 aromatic rings. The number of ether oxygens (including phenoxy) is 2. The monoisotopic (exact) mass is 353 g/mol. The summed E-state index contributed by atoms with van der Waals surface area (Å²) >= 11 is 3.60. The Morgan fingerprint density at radius 2 is 2.00 bits per heavy atom. The maximum Gasteiger partial charge on any atom is 0.126 e. The highest BCUT2D eigenvalue weighted by molar-refractivity contribution is 9.10. The van der Waals surface area contributed by atoms with Crippen LogP contribution < -0.4 is 10.1 Å². The summed E-state index contributed by atoms with van der Waals surface area (Å²) in [4.78, 5) is 0. The zero-order valence-electron chi connectivity index (χ0n) is 12.7. The molecule has 0 aromatic heterocycles. The Bertz CT molecular complexity index is 482. The molecular weight excluding hydrogens is 330 g/mol. The topological polar surface area (TPSA) is 30.5 Å². The average Bonchev–Trinajstić information content (AvgIpc) is 3.29. The number of aryl methyl sites for hydroxylation is 1. The van der Waals surface area contributed by atoms with Crippen molar-refractivity contribution in [3.05, 3.63) is 27.7 Å². The number of halogens is 1. The summed E-state index contributed by atoms with van der Waals surface area (Å²) in [6, 6.07) is 5.04. The molecule has 1 aliphatic carbocycles. The normalized spacial score (nSPS) is 19.7. The van der Waals surface area contributed by atoms with Crippen LogP contribution in [0.3, 0.4) is 0 Å². The SMILES string of the molecule is Cc1cc(Br)cc(CNC2CC2)c1OCC1CCOCC1. The van der Waals surface area contributed by atoms with Crippen LogP contribution in [0.25, 0.3) is 0 Å². The van der Waals surface area contributed by atoms with Crippen LogP contribution in [0.5, 0.6) is 5.75 Å². The van der Waals surface area contributed by atoms with E-state index in [0.29, 0.717) is 12.0 Å². The van der Waals surface area contributed by atoms with Crippen LogP contribution in [0.1, 0.15) is 36.8 Å². The van der Waals surface area contributed by atoms with Gasteiger partial charge in [-0.05, 0) is 56.2 Å². The number of hydrogen-bond acceptors (Lipinski definition) is 3. The number of rotatable bonds is 6. The molecular formula is C17H24BrNO2. The summed E-state index contributed by atoms with van der Waals surface area (Å²) in [5.41, 5.74) is 2.48. The lowest BCUT2D eigenvalue weighted by atomic mass is 10.0. The smallest absolute Gasteiger partial charge is 0.126 e. The third-order valence-electron chi connectivity index (χ3n) is 4.28. The summed E-state index contributed by atoms with van der Waals surface area (Å²) in [7, 11) is 0. The molecule has 1 N–H and O–H groups in total. The lowest BCUT2D eigenvalue weighted by Gasteiger charge is -2.23. The van der Waals surface area contributed by atoms with Crippen molar-refractivity contribution < 1.29 is 9.47 Å². The largest absolute Gasteiger partial charge is 0.493 e. The molecule has 4 heteroatoms. The van der Waals surface area contributed by atoms with E-state index in [1.165, 1.54) is 24.0 Å². The van der Waals surface area contributed by atoms with Crippen molar-refractivity contribution in [2.75, 3.05) is 19.8 Å². The van der Waals surface area contributed by atoms with E-state index in [-0.39, 0.29) is 0 Å². The summed E-state index contributed by atoms with van der Waals surface area (Å²) in [6.07, 6.45) is 4.85. The summed E-state index contributed by atoms with van der Waals surface area (Å²) in [5.74, 6) is 1.70. The quantitative estimate of drug-likeness (QED) is 0.843. The minimum absolute atomic E-state index is 0.631. The molecule has 0 atom stereocenters. The van der Waals surface area contributed by atoms with Gasteiger partial charge in [-0.1, -0.05) is 15.9 Å². The average molecular weight is 354 g/mol. The highest BCUT2D eigenvalue weighted by Gasteiger charge is 2.21. The van der Waals surface area contributed by atoms with E-state index in [9.17, 15) is 0 Å². The Kier molecular flexibility index (Phi) is 5.19. The molecule has 1 aromatic carbocycles. The molecule has 0 spiro atoms. The molecule has 1 saturated heterocycles. The van der Waals surface area contributed by atoms with Crippen molar-refractivity contribution in [3.8, 4) is 5.75 Å². The Morgan fingerprint density at radius 3 is 2.71 bits per heavy atom. The van der Waals surface area contributed by atoms with Crippen LogP contribution in [0.2, 0.25) is 0 Å². The minimum atomic E-state index is 0.631. The van der Waals surface area contributed by atoms with Gasteiger partial charge in [0.2, 0.25) is 0 Å². The first-order valence-electron chi connectivity index (χ1n) is 7.95. The van der Waals surface area contributed by atoms with Gasteiger partial charge in [-0.25, -0.2) is 0 Å². The van der Waals surface area contributed by atoms with E-state index in [4.69, 9.17) is 9.47 Å². The zero-order chi connectivity index (χ0) is 14.7. The Balaban J connectivity index is 1.65. The van der Waals surface area contributed by atoms with Gasteiger partial charge in [0.15, 0.2) is 0 Å². The van der Waals surface area contributed by atoms with E-state index in [1.54, 1.807) is 0 Å². The van der Waals surface area contributed by atoms with E-state index < -0.39 is 0 Å². The standard InChI is InChI=1S/C17H24BrNO2/c1-12-8-15(18)9-14(10-19-16-2-3-16)17(12)21-11-13-4-6-20-7-5-13/h8-9,13,16,19H,2-7,10-11H2,1H3. The number of benzene rings is 1. The summed E-state index contributed by atoms with van der Waals surface area (Å²) < 4.78 is 12.7. The Hall–Kier alpha value is -0.580. The predicted molar refractivity (Wildman–Crippen MR) is 87.8 cm³/mol. The van der Waals surface area contributed by atoms with Crippen molar-refractivity contribution in [1.29, 1.82) is 0 Å². The van der Waals surface area contributed by atoms with Gasteiger partial charge in [-0.2, -0.15) is 0 Å². The molecule has 0 amide bonds. The molecule has 1 saturated carbocycles. The van der Waals surface area contributed by atoms with Crippen LogP contribution >= 0.6 is 15.9 Å². The molecule has 1 aliphatic heterocycles. The maximum atomic E-state index is 6.20. The highest BCUT2D eigenvalue weighted by Crippen LogP contribution is 2.30. The molecule has 0 unspecified atom stereocenters. The first-order valence-corrected chi connectivity index (χ1v) is 8.74. The molecule has 116 valence electrons. The van der Waals surface area contributed by atoms with Crippen LogP contribution in [0.4, 0.5) is 0 Å². The van der Waals surface area contributed by atoms with E-state index >= 15 is 0 Å². The molecule has 0 radical (unpaired) electrons. The molecule has 2 fully saturated rings. The molecule has 21 heavy (non-hydrogen) atoms. The molecule has 0 bridgehead atoms. The second-order valence-corrected chi connectivity index (χ2v) is 7.15. The highest BCUT2D eigenvalue weighted by atomic mass is 79.9. The van der Waals surface area contributed by atoms with Gasteiger partial charge in [-0.3, -0.25) is 0 Å². The lowest BCUT2D eigenvalue weighted by molar-refractivity contribution is 0.0495. The third kappa shape index (κ3) is 4.44. The van der Waals surface area contributed by atoms with Gasteiger partial charge in [0.05, 0.1) is 6.61 Å². The van der Waals surface area contributed by atoms with E-state index in [0.717, 1.165) is 49.4 Å². The van der Waals surface area contributed by atoms with Crippen LogP contribution in [-0.4, -0.2) is 25.9 Å². The third-order valence-corrected chi connectivity index (χ3v) is 4.74. The fourth-order valence-corrected chi connectivity index (χ4v) is 3.41. The van der Waals surface area contributed by atoms with Crippen LogP contribution in [0, 0.1) is 12.8 Å².